The smallest absolute Gasteiger partial charge is 0.228 e. The molecule has 0 saturated carbocycles. The highest BCUT2D eigenvalue weighted by Crippen LogP contribution is 2.26. The predicted octanol–water partition coefficient (Wildman–Crippen LogP) is 2.80. The van der Waals surface area contributed by atoms with Crippen LogP contribution in [0.4, 0.5) is 5.82 Å². The Morgan fingerprint density at radius 3 is 2.75 bits per heavy atom. The molecule has 1 saturated heterocycles. The number of nitrogens with zero attached hydrogens (tertiary/aromatic N) is 1. The van der Waals surface area contributed by atoms with Crippen molar-refractivity contribution in [2.45, 2.75) is 32.2 Å². The van der Waals surface area contributed by atoms with Gasteiger partial charge < -0.3 is 15.4 Å². The topological polar surface area (TPSA) is 79.0 Å². The van der Waals surface area contributed by atoms with Gasteiger partial charge in [0.05, 0.1) is 12.8 Å². The van der Waals surface area contributed by atoms with E-state index in [2.05, 4.69) is 34.7 Å². The number of hydrogen-bond acceptors (Lipinski definition) is 4. The Hall–Kier alpha value is -2.34. The number of piperidine rings is 1. The van der Waals surface area contributed by atoms with Gasteiger partial charge in [-0.2, -0.15) is 5.10 Å². The molecular formula is C18H24N4O2. The molecule has 1 fully saturated rings. The summed E-state index contributed by atoms with van der Waals surface area (Å²) in [6.45, 7) is 5.12. The minimum atomic E-state index is 0.0000858. The third-order valence-corrected chi connectivity index (χ3v) is 4.45. The first kappa shape index (κ1) is 16.5. The minimum absolute atomic E-state index is 0.0000858. The number of anilines is 1. The molecule has 128 valence electrons. The number of carbonyl (C=O) groups is 1. The van der Waals surface area contributed by atoms with Crippen LogP contribution in [0.15, 0.2) is 30.3 Å². The van der Waals surface area contributed by atoms with Crippen molar-refractivity contribution < 1.29 is 9.53 Å². The monoisotopic (exact) mass is 328 g/mol. The number of benzene rings is 1. The van der Waals surface area contributed by atoms with Gasteiger partial charge in [0.1, 0.15) is 5.75 Å². The maximum Gasteiger partial charge on any atom is 0.228 e. The van der Waals surface area contributed by atoms with Gasteiger partial charge in [-0.15, -0.1) is 0 Å². The average molecular weight is 328 g/mol. The Labute approximate surface area is 142 Å². The number of carbonyl (C=O) groups excluding carboxylic acids is 1. The Bertz CT molecular complexity index is 706. The lowest BCUT2D eigenvalue weighted by molar-refractivity contribution is -0.121. The number of rotatable bonds is 4. The number of nitrogens with one attached hydrogen (secondary N) is 3. The number of aromatic amines is 1. The van der Waals surface area contributed by atoms with Crippen LogP contribution in [0.5, 0.6) is 5.75 Å². The maximum absolute atomic E-state index is 12.5. The molecule has 6 nitrogen and oxygen atoms in total. The molecule has 6 heteroatoms. The fourth-order valence-electron chi connectivity index (χ4n) is 3.13. The summed E-state index contributed by atoms with van der Waals surface area (Å²) in [6, 6.07) is 9.55. The number of amides is 1. The molecule has 1 atom stereocenters. The van der Waals surface area contributed by atoms with Crippen molar-refractivity contribution in [1.82, 2.24) is 15.5 Å². The second-order valence-electron chi connectivity index (χ2n) is 6.88. The summed E-state index contributed by atoms with van der Waals surface area (Å²) in [5.74, 6) is 1.42. The van der Waals surface area contributed by atoms with E-state index < -0.39 is 0 Å². The average Bonchev–Trinajstić information content (AvgIpc) is 3.02. The molecule has 3 N–H and O–H groups in total. The molecule has 1 amide bonds. The molecular weight excluding hydrogens is 304 g/mol. The quantitative estimate of drug-likeness (QED) is 0.806. The van der Waals surface area contributed by atoms with Crippen molar-refractivity contribution >= 4 is 11.7 Å². The summed E-state index contributed by atoms with van der Waals surface area (Å²) < 4.78 is 5.16. The summed E-state index contributed by atoms with van der Waals surface area (Å²) in [5.41, 5.74) is 1.85. The number of methoxy groups -OCH3 is 1. The fraction of sp³-hybridized carbons (Fsp3) is 0.444. The van der Waals surface area contributed by atoms with Crippen LogP contribution >= 0.6 is 0 Å². The third-order valence-electron chi connectivity index (χ3n) is 4.45. The number of H-pyrrole nitrogens is 1. The summed E-state index contributed by atoms with van der Waals surface area (Å²) in [4.78, 5) is 12.5. The largest absolute Gasteiger partial charge is 0.497 e. The molecule has 2 aromatic rings. The number of aromatic nitrogens is 2. The van der Waals surface area contributed by atoms with Crippen LogP contribution in [0, 0.1) is 5.92 Å². The first-order valence-corrected chi connectivity index (χ1v) is 8.22. The van der Waals surface area contributed by atoms with Crippen LogP contribution in [0.1, 0.15) is 26.7 Å². The first-order chi connectivity index (χ1) is 11.5. The molecule has 2 heterocycles. The Morgan fingerprint density at radius 2 is 2.08 bits per heavy atom. The van der Waals surface area contributed by atoms with E-state index in [1.165, 1.54) is 0 Å². The number of ether oxygens (including phenoxy) is 1. The molecule has 0 spiro atoms. The molecule has 24 heavy (non-hydrogen) atoms. The summed E-state index contributed by atoms with van der Waals surface area (Å²) in [7, 11) is 1.64. The second kappa shape index (κ2) is 6.65. The van der Waals surface area contributed by atoms with E-state index in [0.29, 0.717) is 5.82 Å². The van der Waals surface area contributed by atoms with Gasteiger partial charge in [0.25, 0.3) is 0 Å². The lowest BCUT2D eigenvalue weighted by atomic mass is 9.84. The van der Waals surface area contributed by atoms with Crippen molar-refractivity contribution in [1.29, 1.82) is 0 Å². The summed E-state index contributed by atoms with van der Waals surface area (Å²) in [5, 5.41) is 13.5. The molecule has 0 aliphatic carbocycles. The van der Waals surface area contributed by atoms with E-state index >= 15 is 0 Å². The van der Waals surface area contributed by atoms with Crippen molar-refractivity contribution in [3.8, 4) is 17.0 Å². The maximum atomic E-state index is 12.5. The van der Waals surface area contributed by atoms with Gasteiger partial charge >= 0.3 is 0 Å². The summed E-state index contributed by atoms with van der Waals surface area (Å²) >= 11 is 0. The van der Waals surface area contributed by atoms with Crippen LogP contribution in [0.25, 0.3) is 11.3 Å². The van der Waals surface area contributed by atoms with Crippen LogP contribution in [0.3, 0.4) is 0 Å². The standard InChI is InChI=1S/C18H24N4O2/c1-18(2)11-13(8-9-19-18)17(23)20-16-10-15(21-22-16)12-4-6-14(24-3)7-5-12/h4-7,10,13,19H,8-9,11H2,1-3H3,(H2,20,21,22,23). The highest BCUT2D eigenvalue weighted by molar-refractivity contribution is 5.92. The van der Waals surface area contributed by atoms with Crippen LogP contribution < -0.4 is 15.4 Å². The van der Waals surface area contributed by atoms with Gasteiger partial charge in [0.15, 0.2) is 5.82 Å². The van der Waals surface area contributed by atoms with Crippen LogP contribution in [0.2, 0.25) is 0 Å². The molecule has 1 aliphatic heterocycles. The van der Waals surface area contributed by atoms with Crippen molar-refractivity contribution in [2.75, 3.05) is 19.0 Å². The van der Waals surface area contributed by atoms with Gasteiger partial charge in [0, 0.05) is 17.5 Å². The van der Waals surface area contributed by atoms with E-state index in [0.717, 1.165) is 36.4 Å². The van der Waals surface area contributed by atoms with E-state index in [1.54, 1.807) is 7.11 Å². The minimum Gasteiger partial charge on any atom is -0.497 e. The van der Waals surface area contributed by atoms with Crippen molar-refractivity contribution in [3.63, 3.8) is 0 Å². The SMILES string of the molecule is COc1ccc(-c2cc(NC(=O)C3CCNC(C)(C)C3)n[nH]2)cc1. The second-order valence-corrected chi connectivity index (χ2v) is 6.88. The third kappa shape index (κ3) is 3.76. The number of hydrogen-bond donors (Lipinski definition) is 3. The highest BCUT2D eigenvalue weighted by Gasteiger charge is 2.31. The lowest BCUT2D eigenvalue weighted by Gasteiger charge is -2.35. The van der Waals surface area contributed by atoms with Gasteiger partial charge in [-0.1, -0.05) is 0 Å². The van der Waals surface area contributed by atoms with Crippen LogP contribution in [-0.4, -0.2) is 35.3 Å². The summed E-state index contributed by atoms with van der Waals surface area (Å²) in [6.07, 6.45) is 1.68. The zero-order chi connectivity index (χ0) is 17.2. The molecule has 1 aromatic carbocycles. The first-order valence-electron chi connectivity index (χ1n) is 8.22. The van der Waals surface area contributed by atoms with Gasteiger partial charge in [-0.05, 0) is 63.1 Å². The van der Waals surface area contributed by atoms with E-state index in [1.807, 2.05) is 30.3 Å². The fourth-order valence-corrected chi connectivity index (χ4v) is 3.13. The molecule has 0 bridgehead atoms. The molecule has 1 aliphatic rings. The molecule has 1 unspecified atom stereocenters. The zero-order valence-corrected chi connectivity index (χ0v) is 14.3. The van der Waals surface area contributed by atoms with Crippen molar-refractivity contribution in [2.24, 2.45) is 5.92 Å². The normalized spacial score (nSPS) is 19.7. The Kier molecular flexibility index (Phi) is 4.57. The Morgan fingerprint density at radius 1 is 1.33 bits per heavy atom. The molecule has 0 radical (unpaired) electrons. The predicted molar refractivity (Wildman–Crippen MR) is 94.0 cm³/mol. The Balaban J connectivity index is 1.66. The van der Waals surface area contributed by atoms with E-state index in [-0.39, 0.29) is 17.4 Å². The zero-order valence-electron chi connectivity index (χ0n) is 14.3. The molecule has 3 rings (SSSR count). The lowest BCUT2D eigenvalue weighted by Crippen LogP contribution is -2.48. The van der Waals surface area contributed by atoms with Gasteiger partial charge in [0.2, 0.25) is 5.91 Å². The van der Waals surface area contributed by atoms with Gasteiger partial charge in [-0.25, -0.2) is 0 Å². The van der Waals surface area contributed by atoms with Crippen molar-refractivity contribution in [3.05, 3.63) is 30.3 Å². The van der Waals surface area contributed by atoms with Gasteiger partial charge in [-0.3, -0.25) is 9.89 Å². The van der Waals surface area contributed by atoms with E-state index in [9.17, 15) is 4.79 Å². The van der Waals surface area contributed by atoms with E-state index in [4.69, 9.17) is 4.74 Å². The van der Waals surface area contributed by atoms with Crippen LogP contribution in [-0.2, 0) is 4.79 Å². The highest BCUT2D eigenvalue weighted by atomic mass is 16.5. The molecule has 1 aromatic heterocycles.